The third-order valence-electron chi connectivity index (χ3n) is 3.18. The molecule has 0 aliphatic carbocycles. The smallest absolute Gasteiger partial charge is 0.279 e. The molecule has 2 N–H and O–H groups in total. The van der Waals surface area contributed by atoms with Crippen LogP contribution in [-0.2, 0) is 4.79 Å². The lowest BCUT2D eigenvalue weighted by molar-refractivity contribution is -0.868. The second-order valence-corrected chi connectivity index (χ2v) is 6.41. The van der Waals surface area contributed by atoms with Gasteiger partial charge in [0.15, 0.2) is 6.54 Å². The number of rotatable bonds is 7. The number of anilines is 1. The number of hydrogen-bond donors (Lipinski definition) is 2. The highest BCUT2D eigenvalue weighted by Gasteiger charge is 2.10. The van der Waals surface area contributed by atoms with Gasteiger partial charge < -0.3 is 10.2 Å². The second kappa shape index (κ2) is 8.64. The Balaban J connectivity index is 1.70. The van der Waals surface area contributed by atoms with Crippen molar-refractivity contribution in [2.45, 2.75) is 4.90 Å². The Morgan fingerprint density at radius 2 is 1.87 bits per heavy atom. The number of likely N-dealkylation sites (N-methyl/N-ethyl adjacent to an activating group) is 1. The first-order valence-electron chi connectivity index (χ1n) is 7.28. The maximum atomic E-state index is 13.1. The molecule has 2 aromatic carbocycles. The summed E-state index contributed by atoms with van der Waals surface area (Å²) in [6, 6.07) is 12.2. The van der Waals surface area contributed by atoms with E-state index in [9.17, 15) is 13.6 Å². The van der Waals surface area contributed by atoms with Gasteiger partial charge in [-0.25, -0.2) is 8.78 Å². The van der Waals surface area contributed by atoms with Crippen LogP contribution in [0.4, 0.5) is 14.5 Å². The fourth-order valence-electron chi connectivity index (χ4n) is 2.01. The molecule has 0 saturated carbocycles. The highest BCUT2D eigenvalue weighted by atomic mass is 32.2. The number of amides is 1. The van der Waals surface area contributed by atoms with Crippen LogP contribution in [0.25, 0.3) is 0 Å². The lowest BCUT2D eigenvalue weighted by Crippen LogP contribution is -3.10. The molecule has 1 amide bonds. The topological polar surface area (TPSA) is 33.5 Å². The van der Waals surface area contributed by atoms with E-state index < -0.39 is 0 Å². The zero-order valence-corrected chi connectivity index (χ0v) is 13.6. The van der Waals surface area contributed by atoms with Gasteiger partial charge in [-0.1, -0.05) is 6.07 Å². The number of benzene rings is 2. The van der Waals surface area contributed by atoms with Gasteiger partial charge in [-0.2, -0.15) is 0 Å². The minimum Gasteiger partial charge on any atom is -0.329 e. The summed E-state index contributed by atoms with van der Waals surface area (Å²) in [4.78, 5) is 14.0. The van der Waals surface area contributed by atoms with E-state index in [0.717, 1.165) is 22.1 Å². The van der Waals surface area contributed by atoms with Gasteiger partial charge >= 0.3 is 0 Å². The molecule has 0 heterocycles. The molecule has 1 unspecified atom stereocenters. The minimum absolute atomic E-state index is 0.153. The summed E-state index contributed by atoms with van der Waals surface area (Å²) in [5.74, 6) is 0.0511. The lowest BCUT2D eigenvalue weighted by atomic mass is 10.3. The van der Waals surface area contributed by atoms with Crippen LogP contribution in [0.1, 0.15) is 0 Å². The van der Waals surface area contributed by atoms with Gasteiger partial charge in [-0.05, 0) is 42.5 Å². The van der Waals surface area contributed by atoms with Crippen LogP contribution in [-0.4, -0.2) is 31.8 Å². The molecule has 0 saturated heterocycles. The zero-order valence-electron chi connectivity index (χ0n) is 12.8. The first kappa shape index (κ1) is 17.4. The first-order chi connectivity index (χ1) is 11.0. The number of carbonyl (C=O) groups is 1. The van der Waals surface area contributed by atoms with Gasteiger partial charge in [-0.15, -0.1) is 11.8 Å². The molecule has 1 atom stereocenters. The number of halogens is 2. The van der Waals surface area contributed by atoms with Crippen molar-refractivity contribution in [3.8, 4) is 0 Å². The van der Waals surface area contributed by atoms with E-state index in [-0.39, 0.29) is 17.5 Å². The monoisotopic (exact) mass is 337 g/mol. The third-order valence-corrected chi connectivity index (χ3v) is 4.20. The van der Waals surface area contributed by atoms with Crippen LogP contribution >= 0.6 is 11.8 Å². The zero-order chi connectivity index (χ0) is 16.7. The fraction of sp³-hybridized carbons (Fsp3) is 0.235. The van der Waals surface area contributed by atoms with Gasteiger partial charge in [-0.3, -0.25) is 4.79 Å². The van der Waals surface area contributed by atoms with E-state index in [1.54, 1.807) is 36.0 Å². The van der Waals surface area contributed by atoms with Gasteiger partial charge in [0.25, 0.3) is 5.91 Å². The quantitative estimate of drug-likeness (QED) is 0.760. The van der Waals surface area contributed by atoms with Gasteiger partial charge in [0.05, 0.1) is 13.6 Å². The Morgan fingerprint density at radius 1 is 1.13 bits per heavy atom. The first-order valence-corrected chi connectivity index (χ1v) is 8.26. The summed E-state index contributed by atoms with van der Waals surface area (Å²) in [6.45, 7) is 1.10. The van der Waals surface area contributed by atoms with Crippen LogP contribution in [0.15, 0.2) is 53.4 Å². The summed E-state index contributed by atoms with van der Waals surface area (Å²) < 4.78 is 25.9. The lowest BCUT2D eigenvalue weighted by Gasteiger charge is -2.13. The average Bonchev–Trinajstić information content (AvgIpc) is 2.49. The number of nitrogens with one attached hydrogen (secondary N) is 2. The fourth-order valence-corrected chi connectivity index (χ4v) is 3.02. The van der Waals surface area contributed by atoms with Crippen molar-refractivity contribution < 1.29 is 18.5 Å². The van der Waals surface area contributed by atoms with E-state index in [4.69, 9.17) is 0 Å². The van der Waals surface area contributed by atoms with Crippen molar-refractivity contribution in [1.82, 2.24) is 0 Å². The highest BCUT2D eigenvalue weighted by Crippen LogP contribution is 2.16. The van der Waals surface area contributed by atoms with Crippen molar-refractivity contribution in [2.24, 2.45) is 0 Å². The molecule has 3 nitrogen and oxygen atoms in total. The van der Waals surface area contributed by atoms with Crippen LogP contribution in [0.3, 0.4) is 0 Å². The Morgan fingerprint density at radius 3 is 2.57 bits per heavy atom. The van der Waals surface area contributed by atoms with E-state index in [1.165, 1.54) is 24.3 Å². The van der Waals surface area contributed by atoms with E-state index in [0.29, 0.717) is 12.2 Å². The molecule has 23 heavy (non-hydrogen) atoms. The van der Waals surface area contributed by atoms with Crippen molar-refractivity contribution in [3.05, 3.63) is 60.2 Å². The van der Waals surface area contributed by atoms with E-state index in [1.807, 2.05) is 7.05 Å². The number of carbonyl (C=O) groups excluding carboxylic acids is 1. The second-order valence-electron chi connectivity index (χ2n) is 5.24. The molecule has 2 aromatic rings. The highest BCUT2D eigenvalue weighted by molar-refractivity contribution is 7.99. The molecule has 0 aromatic heterocycles. The number of thioether (sulfide) groups is 1. The van der Waals surface area contributed by atoms with Gasteiger partial charge in [0.2, 0.25) is 0 Å². The Labute approximate surface area is 138 Å². The predicted molar refractivity (Wildman–Crippen MR) is 88.8 cm³/mol. The van der Waals surface area contributed by atoms with Crippen molar-refractivity contribution >= 4 is 23.4 Å². The molecule has 6 heteroatoms. The van der Waals surface area contributed by atoms with Crippen molar-refractivity contribution in [3.63, 3.8) is 0 Å². The third kappa shape index (κ3) is 6.38. The van der Waals surface area contributed by atoms with E-state index >= 15 is 0 Å². The normalized spacial score (nSPS) is 12.0. The van der Waals surface area contributed by atoms with Crippen molar-refractivity contribution in [1.29, 1.82) is 0 Å². The van der Waals surface area contributed by atoms with Crippen LogP contribution < -0.4 is 10.2 Å². The summed E-state index contributed by atoms with van der Waals surface area (Å²) in [5, 5.41) is 2.68. The summed E-state index contributed by atoms with van der Waals surface area (Å²) in [7, 11) is 1.93. The van der Waals surface area contributed by atoms with E-state index in [2.05, 4.69) is 5.32 Å². The standard InChI is InChI=1S/C17H18F2N2OS/c1-21(9-10-23-16-7-5-13(18)6-8-16)12-17(22)20-15-4-2-3-14(19)11-15/h2-8,11H,9-10,12H2,1H3,(H,20,22)/p+1. The van der Waals surface area contributed by atoms with Crippen LogP contribution in [0.5, 0.6) is 0 Å². The summed E-state index contributed by atoms with van der Waals surface area (Å²) in [6.07, 6.45) is 0. The van der Waals surface area contributed by atoms with Gasteiger partial charge in [0, 0.05) is 16.3 Å². The molecule has 0 radical (unpaired) electrons. The minimum atomic E-state index is -0.376. The average molecular weight is 337 g/mol. The Hall–Kier alpha value is -1.92. The number of hydrogen-bond acceptors (Lipinski definition) is 2. The molecular weight excluding hydrogens is 318 g/mol. The SMILES string of the molecule is C[NH+](CCSc1ccc(F)cc1)CC(=O)Nc1cccc(F)c1. The molecule has 0 spiro atoms. The summed E-state index contributed by atoms with van der Waals surface area (Å²) in [5.41, 5.74) is 0.462. The Kier molecular flexibility index (Phi) is 6.55. The molecule has 0 bridgehead atoms. The maximum Gasteiger partial charge on any atom is 0.279 e. The van der Waals surface area contributed by atoms with Crippen LogP contribution in [0, 0.1) is 11.6 Å². The Bertz CT molecular complexity index is 649. The molecular formula is C17H19F2N2OS+. The predicted octanol–water partition coefficient (Wildman–Crippen LogP) is 2.21. The molecule has 0 aliphatic rings. The van der Waals surface area contributed by atoms with Crippen LogP contribution in [0.2, 0.25) is 0 Å². The number of quaternary nitrogens is 1. The van der Waals surface area contributed by atoms with Gasteiger partial charge in [0.1, 0.15) is 11.6 Å². The molecule has 2 rings (SSSR count). The molecule has 0 fully saturated rings. The summed E-state index contributed by atoms with van der Waals surface area (Å²) >= 11 is 1.62. The maximum absolute atomic E-state index is 13.1. The molecule has 122 valence electrons. The largest absolute Gasteiger partial charge is 0.329 e. The van der Waals surface area contributed by atoms with Crippen molar-refractivity contribution in [2.75, 3.05) is 31.2 Å². The molecule has 0 aliphatic heterocycles.